The lowest BCUT2D eigenvalue weighted by Gasteiger charge is -2.25. The predicted molar refractivity (Wildman–Crippen MR) is 155 cm³/mol. The summed E-state index contributed by atoms with van der Waals surface area (Å²) in [4.78, 5) is 25.1. The maximum absolute atomic E-state index is 12.8. The van der Waals surface area contributed by atoms with E-state index in [2.05, 4.69) is 22.4 Å². The Bertz CT molecular complexity index is 1090. The van der Waals surface area contributed by atoms with Crippen molar-refractivity contribution in [2.75, 3.05) is 31.6 Å². The molecule has 2 aliphatic heterocycles. The van der Waals surface area contributed by atoms with Crippen molar-refractivity contribution >= 4 is 23.8 Å². The number of benzene rings is 2. The van der Waals surface area contributed by atoms with Crippen molar-refractivity contribution in [2.24, 2.45) is 11.0 Å². The Morgan fingerprint density at radius 1 is 1.03 bits per heavy atom. The molecule has 39 heavy (non-hydrogen) atoms. The van der Waals surface area contributed by atoms with Crippen LogP contribution in [0, 0.1) is 5.92 Å². The highest BCUT2D eigenvalue weighted by Crippen LogP contribution is 2.31. The van der Waals surface area contributed by atoms with Gasteiger partial charge in [0.1, 0.15) is 5.75 Å². The Hall–Kier alpha value is -3.35. The number of nitrogens with one attached hydrogen (secondary N) is 1. The molecule has 0 bridgehead atoms. The van der Waals surface area contributed by atoms with Gasteiger partial charge in [-0.05, 0) is 61.4 Å². The first-order valence-electron chi connectivity index (χ1n) is 14.7. The second-order valence-electron chi connectivity index (χ2n) is 10.7. The number of carbonyl (C=O) groups excluding carboxylic acids is 2. The minimum atomic E-state index is -0.170. The van der Waals surface area contributed by atoms with E-state index in [4.69, 9.17) is 9.47 Å². The second kappa shape index (κ2) is 15.3. The molecule has 1 fully saturated rings. The summed E-state index contributed by atoms with van der Waals surface area (Å²) in [6.45, 7) is 5.20. The fraction of sp³-hybridized carbons (Fsp3) is 0.531. The number of amides is 1. The molecule has 2 aromatic rings. The van der Waals surface area contributed by atoms with Crippen LogP contribution in [0.15, 0.2) is 47.6 Å². The number of hydrogen-bond donors (Lipinski definition) is 1. The Kier molecular flexibility index (Phi) is 11.2. The monoisotopic (exact) mass is 533 g/mol. The molecular weight excluding hydrogens is 490 g/mol. The normalized spacial score (nSPS) is 16.9. The van der Waals surface area contributed by atoms with E-state index >= 15 is 0 Å². The number of unbranched alkanes of at least 4 members (excludes halogenated alkanes) is 5. The van der Waals surface area contributed by atoms with Gasteiger partial charge >= 0.3 is 5.97 Å². The highest BCUT2D eigenvalue weighted by Gasteiger charge is 2.23. The Balaban J connectivity index is 1.20. The van der Waals surface area contributed by atoms with Crippen molar-refractivity contribution in [3.05, 3.63) is 59.2 Å². The molecule has 1 amide bonds. The van der Waals surface area contributed by atoms with Gasteiger partial charge in [-0.3, -0.25) is 14.6 Å². The maximum atomic E-state index is 12.8. The minimum Gasteiger partial charge on any atom is -0.493 e. The molecule has 2 aliphatic rings. The summed E-state index contributed by atoms with van der Waals surface area (Å²) in [5.74, 6) is 0.547. The molecule has 2 aromatic carbocycles. The highest BCUT2D eigenvalue weighted by atomic mass is 16.5. The lowest BCUT2D eigenvalue weighted by atomic mass is 9.94. The highest BCUT2D eigenvalue weighted by molar-refractivity contribution is 6.04. The molecule has 2 heterocycles. The van der Waals surface area contributed by atoms with Crippen LogP contribution in [0.5, 0.6) is 5.75 Å². The van der Waals surface area contributed by atoms with Gasteiger partial charge in [-0.2, -0.15) is 5.10 Å². The third-order valence-corrected chi connectivity index (χ3v) is 7.40. The number of esters is 1. The van der Waals surface area contributed by atoms with Crippen LogP contribution in [-0.2, 0) is 16.0 Å². The zero-order valence-electron chi connectivity index (χ0n) is 23.3. The molecule has 0 spiro atoms. The summed E-state index contributed by atoms with van der Waals surface area (Å²) in [5, 5.41) is 9.62. The van der Waals surface area contributed by atoms with Crippen LogP contribution >= 0.6 is 0 Å². The summed E-state index contributed by atoms with van der Waals surface area (Å²) >= 11 is 0. The predicted octanol–water partition coefficient (Wildman–Crippen LogP) is 6.60. The molecule has 7 heteroatoms. The summed E-state index contributed by atoms with van der Waals surface area (Å²) < 4.78 is 11.4. The van der Waals surface area contributed by atoms with Gasteiger partial charge in [0.15, 0.2) is 0 Å². The third-order valence-electron chi connectivity index (χ3n) is 7.40. The number of rotatable bonds is 13. The fourth-order valence-electron chi connectivity index (χ4n) is 5.07. The molecule has 210 valence electrons. The maximum Gasteiger partial charge on any atom is 0.306 e. The first kappa shape index (κ1) is 28.7. The standard InChI is InChI=1S/C32H43N3O4/c1-2-3-4-5-6-10-19-38-31(36)21-26-20-28-15-16-29(22-30(28)39-24-26)34-32(37)27-13-11-25(12-14-27)23-33-35-17-8-7-9-18-35/h11-16,22-23,26H,2-10,17-21,24H2,1H3,(H,34,37). The Morgan fingerprint density at radius 2 is 1.79 bits per heavy atom. The fourth-order valence-corrected chi connectivity index (χ4v) is 5.07. The van der Waals surface area contributed by atoms with Gasteiger partial charge in [0.25, 0.3) is 5.91 Å². The van der Waals surface area contributed by atoms with E-state index in [1.54, 1.807) is 0 Å². The van der Waals surface area contributed by atoms with Crippen molar-refractivity contribution in [3.8, 4) is 5.75 Å². The van der Waals surface area contributed by atoms with Gasteiger partial charge < -0.3 is 14.8 Å². The number of nitrogens with zero attached hydrogens (tertiary/aromatic N) is 2. The van der Waals surface area contributed by atoms with Crippen LogP contribution < -0.4 is 10.1 Å². The first-order valence-corrected chi connectivity index (χ1v) is 14.7. The molecule has 1 saturated heterocycles. The summed E-state index contributed by atoms with van der Waals surface area (Å²) in [7, 11) is 0. The third kappa shape index (κ3) is 9.41. The Labute approximate surface area is 233 Å². The first-order chi connectivity index (χ1) is 19.1. The number of ether oxygens (including phenoxy) is 2. The van der Waals surface area contributed by atoms with Gasteiger partial charge in [0.2, 0.25) is 0 Å². The van der Waals surface area contributed by atoms with Gasteiger partial charge in [-0.25, -0.2) is 0 Å². The average Bonchev–Trinajstić information content (AvgIpc) is 2.96. The van der Waals surface area contributed by atoms with Gasteiger partial charge in [0.05, 0.1) is 25.8 Å². The molecule has 7 nitrogen and oxygen atoms in total. The van der Waals surface area contributed by atoms with Crippen molar-refractivity contribution in [1.29, 1.82) is 0 Å². The topological polar surface area (TPSA) is 80.2 Å². The van der Waals surface area contributed by atoms with Crippen LogP contribution in [0.3, 0.4) is 0 Å². The van der Waals surface area contributed by atoms with Crippen LogP contribution in [-0.4, -0.2) is 49.4 Å². The van der Waals surface area contributed by atoms with Gasteiger partial charge in [-0.15, -0.1) is 0 Å². The SMILES string of the molecule is CCCCCCCCOC(=O)CC1COc2cc(NC(=O)c3ccc(C=NN4CCCCC4)cc3)ccc2C1. The smallest absolute Gasteiger partial charge is 0.306 e. The van der Waals surface area contributed by atoms with Crippen molar-refractivity contribution < 1.29 is 19.1 Å². The quantitative estimate of drug-likeness (QED) is 0.178. The van der Waals surface area contributed by atoms with E-state index in [9.17, 15) is 9.59 Å². The van der Waals surface area contributed by atoms with Crippen molar-refractivity contribution in [2.45, 2.75) is 77.6 Å². The molecule has 1 unspecified atom stereocenters. The number of hydrogen-bond acceptors (Lipinski definition) is 6. The largest absolute Gasteiger partial charge is 0.493 e. The van der Waals surface area contributed by atoms with Crippen LogP contribution in [0.25, 0.3) is 0 Å². The van der Waals surface area contributed by atoms with Crippen molar-refractivity contribution in [1.82, 2.24) is 5.01 Å². The summed E-state index contributed by atoms with van der Waals surface area (Å²) in [6, 6.07) is 13.2. The Morgan fingerprint density at radius 3 is 2.59 bits per heavy atom. The minimum absolute atomic E-state index is 0.104. The lowest BCUT2D eigenvalue weighted by Crippen LogP contribution is -2.24. The molecule has 0 aromatic heterocycles. The molecule has 0 aliphatic carbocycles. The van der Waals surface area contributed by atoms with Gasteiger partial charge in [-0.1, -0.05) is 57.2 Å². The van der Waals surface area contributed by atoms with E-state index in [-0.39, 0.29) is 17.8 Å². The van der Waals surface area contributed by atoms with Crippen LogP contribution in [0.1, 0.15) is 92.6 Å². The second-order valence-corrected chi connectivity index (χ2v) is 10.7. The van der Waals surface area contributed by atoms with Gasteiger partial charge in [0, 0.05) is 36.3 Å². The van der Waals surface area contributed by atoms with Crippen molar-refractivity contribution in [3.63, 3.8) is 0 Å². The van der Waals surface area contributed by atoms with E-state index in [0.29, 0.717) is 30.9 Å². The summed E-state index contributed by atoms with van der Waals surface area (Å²) in [6.07, 6.45) is 13.7. The molecule has 1 atom stereocenters. The summed E-state index contributed by atoms with van der Waals surface area (Å²) in [5.41, 5.74) is 3.29. The molecular formula is C32H43N3O4. The average molecular weight is 534 g/mol. The van der Waals surface area contributed by atoms with E-state index in [1.165, 1.54) is 44.9 Å². The zero-order valence-corrected chi connectivity index (χ0v) is 23.3. The molecule has 0 saturated carbocycles. The van der Waals surface area contributed by atoms with E-state index in [1.807, 2.05) is 48.7 Å². The van der Waals surface area contributed by atoms with E-state index < -0.39 is 0 Å². The molecule has 1 N–H and O–H groups in total. The number of fused-ring (bicyclic) bond motifs is 1. The van der Waals surface area contributed by atoms with E-state index in [0.717, 1.165) is 49.2 Å². The zero-order chi connectivity index (χ0) is 27.3. The number of hydrazone groups is 1. The van der Waals surface area contributed by atoms with Crippen LogP contribution in [0.2, 0.25) is 0 Å². The van der Waals surface area contributed by atoms with Crippen LogP contribution in [0.4, 0.5) is 5.69 Å². The molecule has 0 radical (unpaired) electrons. The number of piperidine rings is 1. The number of anilines is 1. The number of carbonyl (C=O) groups is 2. The molecule has 4 rings (SSSR count). The lowest BCUT2D eigenvalue weighted by molar-refractivity contribution is -0.145.